The molecule has 0 saturated heterocycles. The summed E-state index contributed by atoms with van der Waals surface area (Å²) in [6.45, 7) is 2.08. The third-order valence-electron chi connectivity index (χ3n) is 3.00. The highest BCUT2D eigenvalue weighted by Crippen LogP contribution is 2.16. The molecule has 0 bridgehead atoms. The Labute approximate surface area is 128 Å². The van der Waals surface area contributed by atoms with Gasteiger partial charge in [-0.1, -0.05) is 18.2 Å². The van der Waals surface area contributed by atoms with Gasteiger partial charge >= 0.3 is 11.8 Å². The van der Waals surface area contributed by atoms with Crippen molar-refractivity contribution in [3.05, 3.63) is 53.7 Å². The maximum Gasteiger partial charge on any atom is 0.314 e. The van der Waals surface area contributed by atoms with Gasteiger partial charge in [-0.25, -0.2) is 4.98 Å². The molecule has 1 aromatic carbocycles. The number of ether oxygens (including phenoxy) is 1. The summed E-state index contributed by atoms with van der Waals surface area (Å²) in [5.74, 6) is -0.483. The number of amides is 2. The van der Waals surface area contributed by atoms with Gasteiger partial charge in [-0.05, 0) is 30.7 Å². The molecule has 0 spiro atoms. The number of nitrogens with zero attached hydrogens (tertiary/aromatic N) is 1. The summed E-state index contributed by atoms with van der Waals surface area (Å²) in [4.78, 5) is 27.6. The van der Waals surface area contributed by atoms with Crippen LogP contribution in [-0.2, 0) is 16.1 Å². The lowest BCUT2D eigenvalue weighted by Gasteiger charge is -2.09. The van der Waals surface area contributed by atoms with Crippen LogP contribution in [-0.4, -0.2) is 23.9 Å². The second kappa shape index (κ2) is 7.21. The smallest absolute Gasteiger partial charge is 0.314 e. The van der Waals surface area contributed by atoms with Gasteiger partial charge in [-0.15, -0.1) is 0 Å². The Balaban J connectivity index is 1.93. The number of para-hydroxylation sites is 1. The Morgan fingerprint density at radius 2 is 1.95 bits per heavy atom. The summed E-state index contributed by atoms with van der Waals surface area (Å²) in [6, 6.07) is 10.8. The zero-order chi connectivity index (χ0) is 15.9. The molecule has 2 aromatic rings. The molecule has 0 aliphatic rings. The van der Waals surface area contributed by atoms with Gasteiger partial charge < -0.3 is 15.4 Å². The number of rotatable bonds is 4. The Morgan fingerprint density at radius 1 is 1.18 bits per heavy atom. The van der Waals surface area contributed by atoms with E-state index >= 15 is 0 Å². The Hall–Kier alpha value is -2.89. The van der Waals surface area contributed by atoms with Gasteiger partial charge in [0.15, 0.2) is 0 Å². The Morgan fingerprint density at radius 3 is 2.68 bits per heavy atom. The van der Waals surface area contributed by atoms with Crippen molar-refractivity contribution in [2.45, 2.75) is 13.5 Å². The van der Waals surface area contributed by atoms with Crippen LogP contribution < -0.4 is 15.4 Å². The molecular weight excluding hydrogens is 282 g/mol. The van der Waals surface area contributed by atoms with Crippen molar-refractivity contribution in [2.24, 2.45) is 0 Å². The van der Waals surface area contributed by atoms with E-state index in [9.17, 15) is 9.59 Å². The maximum atomic E-state index is 11.8. The minimum atomic E-state index is -0.756. The van der Waals surface area contributed by atoms with Crippen LogP contribution in [0.15, 0.2) is 42.6 Å². The van der Waals surface area contributed by atoms with Gasteiger partial charge in [0.1, 0.15) is 11.6 Å². The molecule has 6 nitrogen and oxygen atoms in total. The molecule has 0 radical (unpaired) electrons. The second-order valence-corrected chi connectivity index (χ2v) is 4.67. The van der Waals surface area contributed by atoms with Crippen LogP contribution >= 0.6 is 0 Å². The van der Waals surface area contributed by atoms with Crippen LogP contribution in [0, 0.1) is 6.92 Å². The minimum absolute atomic E-state index is 0.206. The van der Waals surface area contributed by atoms with Crippen LogP contribution in [0.3, 0.4) is 0 Å². The lowest BCUT2D eigenvalue weighted by molar-refractivity contribution is -0.136. The van der Waals surface area contributed by atoms with E-state index in [0.717, 1.165) is 11.1 Å². The molecule has 2 amide bonds. The Kier molecular flexibility index (Phi) is 5.08. The van der Waals surface area contributed by atoms with Crippen LogP contribution in [0.1, 0.15) is 11.1 Å². The summed E-state index contributed by atoms with van der Waals surface area (Å²) in [6.07, 6.45) is 1.57. The zero-order valence-corrected chi connectivity index (χ0v) is 12.4. The van der Waals surface area contributed by atoms with Gasteiger partial charge in [-0.3, -0.25) is 9.59 Å². The maximum absolute atomic E-state index is 11.8. The van der Waals surface area contributed by atoms with Gasteiger partial charge in [0.05, 0.1) is 7.11 Å². The van der Waals surface area contributed by atoms with Gasteiger partial charge in [0.25, 0.3) is 0 Å². The van der Waals surface area contributed by atoms with Crippen molar-refractivity contribution >= 4 is 17.6 Å². The molecule has 0 aliphatic heterocycles. The van der Waals surface area contributed by atoms with Crippen LogP contribution in [0.4, 0.5) is 5.82 Å². The number of carbonyl (C=O) groups excluding carboxylic acids is 2. The van der Waals surface area contributed by atoms with Crippen molar-refractivity contribution < 1.29 is 14.3 Å². The molecule has 114 valence electrons. The van der Waals surface area contributed by atoms with Crippen molar-refractivity contribution in [2.75, 3.05) is 12.4 Å². The van der Waals surface area contributed by atoms with Crippen molar-refractivity contribution in [3.63, 3.8) is 0 Å². The number of aromatic nitrogens is 1. The quantitative estimate of drug-likeness (QED) is 0.841. The van der Waals surface area contributed by atoms with E-state index in [1.807, 2.05) is 25.1 Å². The van der Waals surface area contributed by atoms with Crippen LogP contribution in [0.25, 0.3) is 0 Å². The number of hydrogen-bond donors (Lipinski definition) is 2. The SMILES string of the molecule is COc1ccccc1CNC(=O)C(=O)Nc1cc(C)ccn1. The lowest BCUT2D eigenvalue weighted by atomic mass is 10.2. The van der Waals surface area contributed by atoms with Gasteiger partial charge in [-0.2, -0.15) is 0 Å². The number of methoxy groups -OCH3 is 1. The normalized spacial score (nSPS) is 9.91. The second-order valence-electron chi connectivity index (χ2n) is 4.67. The molecule has 0 saturated carbocycles. The van der Waals surface area contributed by atoms with Crippen molar-refractivity contribution in [1.29, 1.82) is 0 Å². The molecule has 22 heavy (non-hydrogen) atoms. The van der Waals surface area contributed by atoms with E-state index in [-0.39, 0.29) is 6.54 Å². The number of carbonyl (C=O) groups is 2. The van der Waals surface area contributed by atoms with Gasteiger partial charge in [0, 0.05) is 18.3 Å². The fourth-order valence-electron chi connectivity index (χ4n) is 1.88. The van der Waals surface area contributed by atoms with Crippen molar-refractivity contribution in [3.8, 4) is 5.75 Å². The highest BCUT2D eigenvalue weighted by molar-refractivity contribution is 6.39. The number of aryl methyl sites for hydroxylation is 1. The highest BCUT2D eigenvalue weighted by Gasteiger charge is 2.14. The molecule has 2 N–H and O–H groups in total. The largest absolute Gasteiger partial charge is 0.496 e. The lowest BCUT2D eigenvalue weighted by Crippen LogP contribution is -2.35. The molecule has 1 aromatic heterocycles. The van der Waals surface area contributed by atoms with E-state index in [0.29, 0.717) is 11.6 Å². The predicted molar refractivity (Wildman–Crippen MR) is 82.4 cm³/mol. The first kappa shape index (κ1) is 15.5. The first-order chi connectivity index (χ1) is 10.6. The monoisotopic (exact) mass is 299 g/mol. The summed E-state index contributed by atoms with van der Waals surface area (Å²) >= 11 is 0. The highest BCUT2D eigenvalue weighted by atomic mass is 16.5. The molecule has 0 fully saturated rings. The van der Waals surface area contributed by atoms with E-state index in [4.69, 9.17) is 4.74 Å². The first-order valence-electron chi connectivity index (χ1n) is 6.74. The van der Waals surface area contributed by atoms with E-state index in [1.54, 1.807) is 31.5 Å². The zero-order valence-electron chi connectivity index (χ0n) is 12.4. The minimum Gasteiger partial charge on any atom is -0.496 e. The third kappa shape index (κ3) is 4.05. The van der Waals surface area contributed by atoms with E-state index in [2.05, 4.69) is 15.6 Å². The average Bonchev–Trinajstić information content (AvgIpc) is 2.52. The number of hydrogen-bond acceptors (Lipinski definition) is 4. The summed E-state index contributed by atoms with van der Waals surface area (Å²) < 4.78 is 5.19. The molecule has 1 heterocycles. The van der Waals surface area contributed by atoms with Crippen LogP contribution in [0.5, 0.6) is 5.75 Å². The van der Waals surface area contributed by atoms with Crippen LogP contribution in [0.2, 0.25) is 0 Å². The number of benzene rings is 1. The molecule has 0 unspecified atom stereocenters. The predicted octanol–water partition coefficient (Wildman–Crippen LogP) is 1.65. The summed E-state index contributed by atoms with van der Waals surface area (Å²) in [7, 11) is 1.55. The molecule has 2 rings (SSSR count). The number of anilines is 1. The standard InChI is InChI=1S/C16H17N3O3/c1-11-7-8-17-14(9-11)19-16(21)15(20)18-10-12-5-3-4-6-13(12)22-2/h3-9H,10H2,1-2H3,(H,18,20)(H,17,19,21). The number of pyridine rings is 1. The topological polar surface area (TPSA) is 80.3 Å². The third-order valence-corrected chi connectivity index (χ3v) is 3.00. The van der Waals surface area contributed by atoms with E-state index in [1.165, 1.54) is 0 Å². The number of nitrogens with one attached hydrogen (secondary N) is 2. The fraction of sp³-hybridized carbons (Fsp3) is 0.188. The summed E-state index contributed by atoms with van der Waals surface area (Å²) in [5.41, 5.74) is 1.74. The Bertz CT molecular complexity index is 686. The van der Waals surface area contributed by atoms with Crippen molar-refractivity contribution in [1.82, 2.24) is 10.3 Å². The first-order valence-corrected chi connectivity index (χ1v) is 6.74. The average molecular weight is 299 g/mol. The molecular formula is C16H17N3O3. The molecule has 0 atom stereocenters. The summed E-state index contributed by atoms with van der Waals surface area (Å²) in [5, 5.41) is 5.00. The molecule has 6 heteroatoms. The molecule has 0 aliphatic carbocycles. The fourth-order valence-corrected chi connectivity index (χ4v) is 1.88. The van der Waals surface area contributed by atoms with E-state index < -0.39 is 11.8 Å². The van der Waals surface area contributed by atoms with Gasteiger partial charge in [0.2, 0.25) is 0 Å².